The molecule has 0 radical (unpaired) electrons. The zero-order valence-corrected chi connectivity index (χ0v) is 19.3. The van der Waals surface area contributed by atoms with Crippen molar-refractivity contribution in [3.63, 3.8) is 0 Å². The summed E-state index contributed by atoms with van der Waals surface area (Å²) in [4.78, 5) is 33.8. The molecule has 5 rings (SSSR count). The van der Waals surface area contributed by atoms with Crippen LogP contribution >= 0.6 is 11.8 Å². The smallest absolute Gasteiger partial charge is 0.262 e. The van der Waals surface area contributed by atoms with Crippen LogP contribution in [0.1, 0.15) is 17.7 Å². The van der Waals surface area contributed by atoms with E-state index in [1.54, 1.807) is 4.57 Å². The number of nitrogens with one attached hydrogen (secondary N) is 1. The Balaban J connectivity index is 1.61. The number of nitrogens with zero attached hydrogens (tertiary/aromatic N) is 3. The van der Waals surface area contributed by atoms with E-state index in [-0.39, 0.29) is 11.5 Å². The Kier molecular flexibility index (Phi) is 6.15. The molecule has 7 heteroatoms. The van der Waals surface area contributed by atoms with Crippen LogP contribution in [0.3, 0.4) is 0 Å². The molecule has 1 N–H and O–H groups in total. The molecule has 2 heterocycles. The number of hydrogen-bond acceptors (Lipinski definition) is 5. The van der Waals surface area contributed by atoms with Crippen LogP contribution in [0.4, 0.5) is 0 Å². The molecule has 1 atom stereocenters. The van der Waals surface area contributed by atoms with Crippen LogP contribution < -0.4 is 10.9 Å². The fraction of sp³-hybridized carbons (Fsp3) is 0.269. The molecule has 1 unspecified atom stereocenters. The number of piperazine rings is 1. The number of fused-ring (bicyclic) bond motifs is 2. The van der Waals surface area contributed by atoms with Gasteiger partial charge in [-0.3, -0.25) is 14.2 Å². The van der Waals surface area contributed by atoms with Crippen molar-refractivity contribution >= 4 is 39.3 Å². The minimum atomic E-state index is -0.466. The minimum absolute atomic E-state index is 0.0585. The molecule has 1 fully saturated rings. The quantitative estimate of drug-likeness (QED) is 0.280. The van der Waals surface area contributed by atoms with Crippen LogP contribution in [0.5, 0.6) is 0 Å². The Hall–Kier alpha value is -3.16. The minimum Gasteiger partial charge on any atom is -0.339 e. The molecule has 0 saturated carbocycles. The Morgan fingerprint density at radius 3 is 2.39 bits per heavy atom. The van der Waals surface area contributed by atoms with E-state index >= 15 is 0 Å². The first-order valence-corrected chi connectivity index (χ1v) is 12.2. The van der Waals surface area contributed by atoms with Crippen LogP contribution in [-0.2, 0) is 11.3 Å². The topological polar surface area (TPSA) is 67.2 Å². The molecule has 1 aliphatic heterocycles. The van der Waals surface area contributed by atoms with E-state index in [1.807, 2.05) is 78.6 Å². The van der Waals surface area contributed by atoms with Gasteiger partial charge in [-0.25, -0.2) is 4.98 Å². The summed E-state index contributed by atoms with van der Waals surface area (Å²) >= 11 is 1.37. The largest absolute Gasteiger partial charge is 0.339 e. The summed E-state index contributed by atoms with van der Waals surface area (Å²) in [5.41, 5.74) is 1.51. The van der Waals surface area contributed by atoms with Gasteiger partial charge in [0.1, 0.15) is 5.25 Å². The molecule has 4 aromatic rings. The molecule has 6 nitrogen and oxygen atoms in total. The highest BCUT2D eigenvalue weighted by Gasteiger charge is 2.29. The van der Waals surface area contributed by atoms with Crippen molar-refractivity contribution in [2.45, 2.75) is 23.9 Å². The fourth-order valence-electron chi connectivity index (χ4n) is 4.30. The van der Waals surface area contributed by atoms with Gasteiger partial charge in [0.15, 0.2) is 5.16 Å². The van der Waals surface area contributed by atoms with Gasteiger partial charge in [0.2, 0.25) is 5.91 Å². The van der Waals surface area contributed by atoms with Crippen molar-refractivity contribution in [2.24, 2.45) is 0 Å². The summed E-state index contributed by atoms with van der Waals surface area (Å²) in [6, 6.07) is 21.6. The Bertz CT molecular complexity index is 1360. The van der Waals surface area contributed by atoms with E-state index in [4.69, 9.17) is 4.98 Å². The van der Waals surface area contributed by atoms with Gasteiger partial charge in [-0.05, 0) is 35.4 Å². The van der Waals surface area contributed by atoms with E-state index in [0.29, 0.717) is 35.7 Å². The maximum absolute atomic E-state index is 13.6. The predicted octanol–water partition coefficient (Wildman–Crippen LogP) is 3.83. The van der Waals surface area contributed by atoms with Gasteiger partial charge < -0.3 is 10.2 Å². The average Bonchev–Trinajstić information content (AvgIpc) is 2.87. The molecule has 0 bridgehead atoms. The van der Waals surface area contributed by atoms with Gasteiger partial charge in [0.25, 0.3) is 5.56 Å². The monoisotopic (exact) mass is 458 g/mol. The van der Waals surface area contributed by atoms with Gasteiger partial charge in [-0.2, -0.15) is 0 Å². The number of rotatable bonds is 5. The van der Waals surface area contributed by atoms with Gasteiger partial charge in [0, 0.05) is 32.7 Å². The van der Waals surface area contributed by atoms with Crippen molar-refractivity contribution in [2.75, 3.05) is 26.2 Å². The third kappa shape index (κ3) is 4.26. The maximum Gasteiger partial charge on any atom is 0.262 e. The number of carbonyl (C=O) groups excluding carboxylic acids is 1. The van der Waals surface area contributed by atoms with Crippen molar-refractivity contribution in [1.82, 2.24) is 19.8 Å². The lowest BCUT2D eigenvalue weighted by Crippen LogP contribution is -2.47. The number of carbonyl (C=O) groups is 1. The molecule has 1 amide bonds. The second kappa shape index (κ2) is 9.37. The molecular weight excluding hydrogens is 432 g/mol. The molecule has 0 spiro atoms. The highest BCUT2D eigenvalue weighted by Crippen LogP contribution is 2.36. The molecule has 1 aromatic heterocycles. The zero-order valence-electron chi connectivity index (χ0n) is 18.5. The lowest BCUT2D eigenvalue weighted by molar-refractivity contribution is -0.131. The van der Waals surface area contributed by atoms with Crippen LogP contribution in [0, 0.1) is 0 Å². The summed E-state index contributed by atoms with van der Waals surface area (Å²) in [6.45, 7) is 5.37. The second-order valence-electron chi connectivity index (χ2n) is 8.14. The number of amides is 1. The summed E-state index contributed by atoms with van der Waals surface area (Å²) in [5.74, 6) is 0.0585. The first kappa shape index (κ1) is 21.7. The van der Waals surface area contributed by atoms with Crippen LogP contribution in [0.15, 0.2) is 76.7 Å². The molecule has 168 valence electrons. The lowest BCUT2D eigenvalue weighted by Gasteiger charge is -2.31. The molecule has 1 aliphatic rings. The SMILES string of the molecule is CCn1c(SC(C(=O)N2CCNCC2)c2ccccc2)nc2cc3ccccc3cc2c1=O. The molecular formula is C26H26N4O2S. The number of thioether (sulfide) groups is 1. The van der Waals surface area contributed by atoms with E-state index in [1.165, 1.54) is 11.8 Å². The van der Waals surface area contributed by atoms with Crippen LogP contribution in [0.25, 0.3) is 21.7 Å². The average molecular weight is 459 g/mol. The third-order valence-electron chi connectivity index (χ3n) is 6.08. The highest BCUT2D eigenvalue weighted by atomic mass is 32.2. The summed E-state index contributed by atoms with van der Waals surface area (Å²) in [5, 5.41) is 6.06. The Labute approximate surface area is 196 Å². The van der Waals surface area contributed by atoms with Gasteiger partial charge in [-0.15, -0.1) is 0 Å². The third-order valence-corrected chi connectivity index (χ3v) is 7.31. The van der Waals surface area contributed by atoms with E-state index in [0.717, 1.165) is 29.4 Å². The molecule has 0 aliphatic carbocycles. The zero-order chi connectivity index (χ0) is 22.8. The first-order chi connectivity index (χ1) is 16.2. The number of aromatic nitrogens is 2. The normalized spacial score (nSPS) is 15.1. The fourth-order valence-corrected chi connectivity index (χ4v) is 5.55. The van der Waals surface area contributed by atoms with Crippen molar-refractivity contribution in [3.05, 3.63) is 82.6 Å². The summed E-state index contributed by atoms with van der Waals surface area (Å²) in [7, 11) is 0. The van der Waals surface area contributed by atoms with Crippen molar-refractivity contribution in [3.8, 4) is 0 Å². The number of hydrogen-bond donors (Lipinski definition) is 1. The summed E-state index contributed by atoms with van der Waals surface area (Å²) in [6.07, 6.45) is 0. The van der Waals surface area contributed by atoms with Crippen molar-refractivity contribution < 1.29 is 4.79 Å². The van der Waals surface area contributed by atoms with Crippen molar-refractivity contribution in [1.29, 1.82) is 0 Å². The standard InChI is InChI=1S/C26H26N4O2S/c1-2-30-24(31)21-16-19-10-6-7-11-20(19)17-22(21)28-26(30)33-23(18-8-4-3-5-9-18)25(32)29-14-12-27-13-15-29/h3-11,16-17,23,27H,2,12-15H2,1H3. The van der Waals surface area contributed by atoms with Gasteiger partial charge in [-0.1, -0.05) is 66.4 Å². The van der Waals surface area contributed by atoms with Gasteiger partial charge in [0.05, 0.1) is 10.9 Å². The highest BCUT2D eigenvalue weighted by molar-refractivity contribution is 8.00. The van der Waals surface area contributed by atoms with Gasteiger partial charge >= 0.3 is 0 Å². The maximum atomic E-state index is 13.6. The molecule has 3 aromatic carbocycles. The number of benzene rings is 3. The Morgan fingerprint density at radius 1 is 1.03 bits per heavy atom. The predicted molar refractivity (Wildman–Crippen MR) is 134 cm³/mol. The van der Waals surface area contributed by atoms with E-state index in [2.05, 4.69) is 5.32 Å². The van der Waals surface area contributed by atoms with Crippen LogP contribution in [-0.4, -0.2) is 46.5 Å². The second-order valence-corrected chi connectivity index (χ2v) is 9.22. The molecule has 33 heavy (non-hydrogen) atoms. The summed E-state index contributed by atoms with van der Waals surface area (Å²) < 4.78 is 1.68. The Morgan fingerprint density at radius 2 is 1.70 bits per heavy atom. The van der Waals surface area contributed by atoms with E-state index in [9.17, 15) is 9.59 Å². The lowest BCUT2D eigenvalue weighted by atomic mass is 10.1. The first-order valence-electron chi connectivity index (χ1n) is 11.3. The molecule has 1 saturated heterocycles. The van der Waals surface area contributed by atoms with E-state index < -0.39 is 5.25 Å². The van der Waals surface area contributed by atoms with Crippen LogP contribution in [0.2, 0.25) is 0 Å².